The lowest BCUT2D eigenvalue weighted by molar-refractivity contribution is 0.344. The van der Waals surface area contributed by atoms with Crippen LogP contribution >= 0.6 is 12.4 Å². The number of unbranched alkanes of at least 4 members (excludes halogenated alkanes) is 30. The highest BCUT2D eigenvalue weighted by molar-refractivity contribution is 5.85. The van der Waals surface area contributed by atoms with E-state index in [2.05, 4.69) is 44.2 Å². The van der Waals surface area contributed by atoms with Crippen LogP contribution in [0.1, 0.15) is 244 Å². The molecule has 1 nitrogen and oxygen atoms in total. The van der Waals surface area contributed by atoms with Gasteiger partial charge >= 0.3 is 0 Å². The second-order valence-electron chi connectivity index (χ2n) is 15.2. The molecule has 0 saturated heterocycles. The predicted octanol–water partition coefficient (Wildman–Crippen LogP) is 16.1. The molecule has 278 valence electrons. The van der Waals surface area contributed by atoms with Crippen LogP contribution in [0.15, 0.2) is 30.3 Å². The van der Waals surface area contributed by atoms with E-state index in [1.165, 1.54) is 224 Å². The van der Waals surface area contributed by atoms with E-state index >= 15 is 0 Å². The summed E-state index contributed by atoms with van der Waals surface area (Å²) >= 11 is 0. The highest BCUT2D eigenvalue weighted by Gasteiger charge is 2.21. The quantitative estimate of drug-likeness (QED) is 0.0698. The molecular weight excluding hydrogens is 590 g/mol. The first kappa shape index (κ1) is 46.5. The summed E-state index contributed by atoms with van der Waals surface area (Å²) in [5.74, 6) is 1.29. The second kappa shape index (κ2) is 38.3. The van der Waals surface area contributed by atoms with Crippen LogP contribution < -0.4 is 5.73 Å². The van der Waals surface area contributed by atoms with Crippen molar-refractivity contribution in [3.05, 3.63) is 35.9 Å². The summed E-state index contributed by atoms with van der Waals surface area (Å²) in [6.07, 6.45) is 49.0. The summed E-state index contributed by atoms with van der Waals surface area (Å²) < 4.78 is 0. The van der Waals surface area contributed by atoms with Crippen molar-refractivity contribution in [1.82, 2.24) is 0 Å². The van der Waals surface area contributed by atoms with E-state index in [0.29, 0.717) is 5.92 Å². The van der Waals surface area contributed by atoms with Crippen LogP contribution in [0.3, 0.4) is 0 Å². The minimum absolute atomic E-state index is 0. The third kappa shape index (κ3) is 30.1. The van der Waals surface area contributed by atoms with Crippen LogP contribution in [0.2, 0.25) is 0 Å². The monoisotopic (exact) mass is 676 g/mol. The van der Waals surface area contributed by atoms with Gasteiger partial charge in [-0.15, -0.1) is 12.4 Å². The third-order valence-electron chi connectivity index (χ3n) is 10.9. The van der Waals surface area contributed by atoms with Crippen molar-refractivity contribution >= 4 is 12.4 Å². The van der Waals surface area contributed by atoms with Gasteiger partial charge in [0.25, 0.3) is 0 Å². The van der Waals surface area contributed by atoms with Crippen LogP contribution in [0.25, 0.3) is 0 Å². The summed E-state index contributed by atoms with van der Waals surface area (Å²) in [4.78, 5) is 0. The molecule has 0 aromatic heterocycles. The number of hydrogen-bond acceptors (Lipinski definition) is 1. The Bertz CT molecular complexity index is 654. The Morgan fingerprint density at radius 2 is 0.638 bits per heavy atom. The first-order valence-corrected chi connectivity index (χ1v) is 21.6. The van der Waals surface area contributed by atoms with E-state index in [1.807, 2.05) is 0 Å². The summed E-state index contributed by atoms with van der Waals surface area (Å²) in [7, 11) is 0. The maximum atomic E-state index is 6.43. The Morgan fingerprint density at radius 3 is 0.894 bits per heavy atom. The smallest absolute Gasteiger partial charge is 0.000556 e. The standard InChI is InChI=1S/C45H85N.ClH/c1-3-5-7-9-11-13-15-17-19-21-23-25-27-29-31-34-38-43(45(42-46)44-40-36-33-37-41-44)39-35-32-30-28-26-24-22-20-18-16-14-12-10-8-6-4-2;/h33,36-37,40-41,43,45H,3-32,34-35,38-39,42,46H2,1-2H3;1H. The molecule has 0 amide bonds. The molecule has 0 saturated carbocycles. The van der Waals surface area contributed by atoms with Crippen molar-refractivity contribution < 1.29 is 0 Å². The van der Waals surface area contributed by atoms with Gasteiger partial charge in [-0.2, -0.15) is 0 Å². The molecule has 0 aliphatic heterocycles. The number of benzene rings is 1. The summed E-state index contributed by atoms with van der Waals surface area (Å²) in [5, 5.41) is 0. The van der Waals surface area contributed by atoms with Crippen molar-refractivity contribution in [3.63, 3.8) is 0 Å². The number of halogens is 1. The van der Waals surface area contributed by atoms with E-state index in [4.69, 9.17) is 5.73 Å². The summed E-state index contributed by atoms with van der Waals surface area (Å²) in [5.41, 5.74) is 7.90. The zero-order valence-electron chi connectivity index (χ0n) is 32.3. The maximum Gasteiger partial charge on any atom is -0.000556 e. The van der Waals surface area contributed by atoms with Gasteiger partial charge in [-0.25, -0.2) is 0 Å². The second-order valence-corrected chi connectivity index (χ2v) is 15.2. The zero-order valence-corrected chi connectivity index (χ0v) is 33.1. The van der Waals surface area contributed by atoms with Gasteiger partial charge in [0.2, 0.25) is 0 Å². The molecule has 1 aromatic rings. The minimum atomic E-state index is 0. The lowest BCUT2D eigenvalue weighted by atomic mass is 9.79. The molecule has 1 aromatic carbocycles. The Morgan fingerprint density at radius 1 is 0.383 bits per heavy atom. The molecular formula is C45H86ClN. The Labute approximate surface area is 303 Å². The molecule has 1 rings (SSSR count). The average Bonchev–Trinajstić information content (AvgIpc) is 3.08. The summed E-state index contributed by atoms with van der Waals surface area (Å²) in [6.45, 7) is 5.42. The molecule has 1 atom stereocenters. The minimum Gasteiger partial charge on any atom is -0.330 e. The van der Waals surface area contributed by atoms with Crippen molar-refractivity contribution in [2.75, 3.05) is 6.54 Å². The molecule has 0 spiro atoms. The van der Waals surface area contributed by atoms with Gasteiger partial charge in [0.15, 0.2) is 0 Å². The molecule has 47 heavy (non-hydrogen) atoms. The fourth-order valence-corrected chi connectivity index (χ4v) is 7.76. The Kier molecular flexibility index (Phi) is 37.8. The van der Waals surface area contributed by atoms with Crippen molar-refractivity contribution in [1.29, 1.82) is 0 Å². The van der Waals surface area contributed by atoms with E-state index in [0.717, 1.165) is 12.5 Å². The highest BCUT2D eigenvalue weighted by Crippen LogP contribution is 2.32. The first-order chi connectivity index (χ1) is 22.8. The summed E-state index contributed by atoms with van der Waals surface area (Å²) in [6, 6.07) is 11.2. The molecule has 2 heteroatoms. The van der Waals surface area contributed by atoms with Gasteiger partial charge < -0.3 is 5.73 Å². The fraction of sp³-hybridized carbons (Fsp3) is 0.867. The average molecular weight is 677 g/mol. The Hall–Kier alpha value is -0.530. The molecule has 2 N–H and O–H groups in total. The topological polar surface area (TPSA) is 26.0 Å². The van der Waals surface area contributed by atoms with Gasteiger partial charge in [-0.1, -0.05) is 250 Å². The van der Waals surface area contributed by atoms with Gasteiger partial charge in [0.05, 0.1) is 0 Å². The van der Waals surface area contributed by atoms with Gasteiger partial charge in [-0.3, -0.25) is 0 Å². The van der Waals surface area contributed by atoms with Crippen LogP contribution in [-0.2, 0) is 0 Å². The number of rotatable bonds is 37. The molecule has 0 bridgehead atoms. The fourth-order valence-electron chi connectivity index (χ4n) is 7.76. The van der Waals surface area contributed by atoms with Crippen LogP contribution in [0.5, 0.6) is 0 Å². The normalized spacial score (nSPS) is 12.1. The first-order valence-electron chi connectivity index (χ1n) is 21.6. The van der Waals surface area contributed by atoms with Gasteiger partial charge in [-0.05, 0) is 36.8 Å². The number of nitrogens with two attached hydrogens (primary N) is 1. The molecule has 1 unspecified atom stereocenters. The molecule has 0 aliphatic carbocycles. The van der Waals surface area contributed by atoms with Crippen LogP contribution in [0, 0.1) is 5.92 Å². The third-order valence-corrected chi connectivity index (χ3v) is 10.9. The maximum absolute atomic E-state index is 6.43. The lowest BCUT2D eigenvalue weighted by Gasteiger charge is -2.27. The van der Waals surface area contributed by atoms with E-state index in [9.17, 15) is 0 Å². The largest absolute Gasteiger partial charge is 0.330 e. The molecule has 0 fully saturated rings. The molecule has 0 heterocycles. The van der Waals surface area contributed by atoms with Crippen molar-refractivity contribution in [2.24, 2.45) is 11.7 Å². The number of hydrogen-bond donors (Lipinski definition) is 1. The van der Waals surface area contributed by atoms with Crippen molar-refractivity contribution in [2.45, 2.75) is 238 Å². The SMILES string of the molecule is CCCCCCCCCCCCCCCCCCC(CCCCCCCCCCCCCCCCCC)C(CN)c1ccccc1.Cl. The van der Waals surface area contributed by atoms with E-state index in [-0.39, 0.29) is 12.4 Å². The van der Waals surface area contributed by atoms with E-state index < -0.39 is 0 Å². The molecule has 0 aliphatic rings. The van der Waals surface area contributed by atoms with Crippen LogP contribution in [-0.4, -0.2) is 6.54 Å². The zero-order chi connectivity index (χ0) is 33.0. The van der Waals surface area contributed by atoms with Crippen LogP contribution in [0.4, 0.5) is 0 Å². The van der Waals surface area contributed by atoms with Gasteiger partial charge in [0, 0.05) is 0 Å². The highest BCUT2D eigenvalue weighted by atomic mass is 35.5. The lowest BCUT2D eigenvalue weighted by Crippen LogP contribution is -2.22. The predicted molar refractivity (Wildman–Crippen MR) is 217 cm³/mol. The Balaban J connectivity index is 0.0000212. The molecule has 0 radical (unpaired) electrons. The van der Waals surface area contributed by atoms with E-state index in [1.54, 1.807) is 0 Å². The van der Waals surface area contributed by atoms with Crippen molar-refractivity contribution in [3.8, 4) is 0 Å². The van der Waals surface area contributed by atoms with Gasteiger partial charge in [0.1, 0.15) is 0 Å².